The predicted octanol–water partition coefficient (Wildman–Crippen LogP) is 6.43. The standard InChI is InChI=1S/C25H25NO3S3/c1-30-25(31-16-9-17-32(27,28)29)24-20-12-5-7-14-22(20)26(18-19-10-3-2-4-11-19)23-15-8-6-13-21(23)24/h2-8,10-15H,9,16-18H2,1H3,(H,27,28,29). The Morgan fingerprint density at radius 2 is 1.44 bits per heavy atom. The number of anilines is 2. The third-order valence-electron chi connectivity index (χ3n) is 5.28. The first-order chi connectivity index (χ1) is 15.5. The highest BCUT2D eigenvalue weighted by Gasteiger charge is 2.28. The van der Waals surface area contributed by atoms with Crippen molar-refractivity contribution in [1.29, 1.82) is 0 Å². The minimum Gasteiger partial charge on any atom is -0.336 e. The van der Waals surface area contributed by atoms with Gasteiger partial charge >= 0.3 is 0 Å². The van der Waals surface area contributed by atoms with Crippen molar-refractivity contribution in [3.05, 3.63) is 99.8 Å². The Hall–Kier alpha value is -2.19. The van der Waals surface area contributed by atoms with Gasteiger partial charge in [0.15, 0.2) is 0 Å². The molecule has 1 aliphatic rings. The molecule has 0 aromatic heterocycles. The molecule has 0 fully saturated rings. The topological polar surface area (TPSA) is 57.6 Å². The van der Waals surface area contributed by atoms with E-state index >= 15 is 0 Å². The van der Waals surface area contributed by atoms with E-state index in [0.717, 1.165) is 22.2 Å². The third-order valence-corrected chi connectivity index (χ3v) is 8.47. The summed E-state index contributed by atoms with van der Waals surface area (Å²) in [6.45, 7) is 0.776. The molecule has 0 spiro atoms. The average molecular weight is 484 g/mol. The molecule has 0 saturated heterocycles. The summed E-state index contributed by atoms with van der Waals surface area (Å²) in [5, 5.41) is 0. The molecule has 3 aromatic rings. The minimum atomic E-state index is -3.93. The minimum absolute atomic E-state index is 0.213. The van der Waals surface area contributed by atoms with E-state index in [4.69, 9.17) is 4.55 Å². The van der Waals surface area contributed by atoms with Crippen molar-refractivity contribution in [1.82, 2.24) is 0 Å². The van der Waals surface area contributed by atoms with Crippen molar-refractivity contribution in [2.24, 2.45) is 0 Å². The Morgan fingerprint density at radius 3 is 2.00 bits per heavy atom. The number of nitrogens with zero attached hydrogens (tertiary/aromatic N) is 1. The van der Waals surface area contributed by atoms with Crippen LogP contribution in [0.3, 0.4) is 0 Å². The predicted molar refractivity (Wildman–Crippen MR) is 138 cm³/mol. The van der Waals surface area contributed by atoms with Gasteiger partial charge in [0.2, 0.25) is 0 Å². The highest BCUT2D eigenvalue weighted by atomic mass is 32.2. The fraction of sp³-hybridized carbons (Fsp3) is 0.200. The second kappa shape index (κ2) is 10.2. The Balaban J connectivity index is 1.76. The summed E-state index contributed by atoms with van der Waals surface area (Å²) in [5.41, 5.74) is 7.10. The van der Waals surface area contributed by atoms with Crippen molar-refractivity contribution >= 4 is 50.6 Å². The van der Waals surface area contributed by atoms with Gasteiger partial charge in [-0.1, -0.05) is 66.7 Å². The number of hydrogen-bond acceptors (Lipinski definition) is 5. The quantitative estimate of drug-likeness (QED) is 0.294. The Labute approximate surface area is 198 Å². The highest BCUT2D eigenvalue weighted by Crippen LogP contribution is 2.50. The van der Waals surface area contributed by atoms with Gasteiger partial charge in [0.25, 0.3) is 10.1 Å². The molecule has 7 heteroatoms. The lowest BCUT2D eigenvalue weighted by molar-refractivity contribution is 0.482. The van der Waals surface area contributed by atoms with Crippen LogP contribution in [0.1, 0.15) is 23.1 Å². The van der Waals surface area contributed by atoms with Gasteiger partial charge in [-0.25, -0.2) is 0 Å². The number of rotatable bonds is 8. The molecule has 0 unspecified atom stereocenters. The van der Waals surface area contributed by atoms with Crippen LogP contribution in [0.25, 0.3) is 5.57 Å². The summed E-state index contributed by atoms with van der Waals surface area (Å²) in [6, 6.07) is 27.4. The first kappa shape index (κ1) is 23.0. The van der Waals surface area contributed by atoms with Crippen molar-refractivity contribution in [2.45, 2.75) is 13.0 Å². The zero-order valence-corrected chi connectivity index (χ0v) is 20.2. The average Bonchev–Trinajstić information content (AvgIpc) is 2.80. The van der Waals surface area contributed by atoms with Crippen LogP contribution in [0.15, 0.2) is 83.1 Å². The molecule has 0 amide bonds. The molecule has 4 rings (SSSR count). The molecule has 0 radical (unpaired) electrons. The van der Waals surface area contributed by atoms with Gasteiger partial charge in [-0.05, 0) is 36.1 Å². The maximum Gasteiger partial charge on any atom is 0.264 e. The number of benzene rings is 3. The Morgan fingerprint density at radius 1 is 0.875 bits per heavy atom. The number of fused-ring (bicyclic) bond motifs is 2. The van der Waals surface area contributed by atoms with E-state index in [2.05, 4.69) is 84.0 Å². The Bertz CT molecular complexity index is 1170. The molecule has 166 valence electrons. The summed E-state index contributed by atoms with van der Waals surface area (Å²) < 4.78 is 32.4. The van der Waals surface area contributed by atoms with E-state index in [0.29, 0.717) is 12.2 Å². The molecule has 1 aliphatic heterocycles. The normalized spacial score (nSPS) is 12.9. The van der Waals surface area contributed by atoms with E-state index in [1.54, 1.807) is 23.5 Å². The van der Waals surface area contributed by atoms with Crippen LogP contribution in [0, 0.1) is 0 Å². The lowest BCUT2D eigenvalue weighted by Crippen LogP contribution is -2.22. The summed E-state index contributed by atoms with van der Waals surface area (Å²) in [7, 11) is -3.93. The van der Waals surface area contributed by atoms with Gasteiger partial charge in [0.05, 0.1) is 5.75 Å². The summed E-state index contributed by atoms with van der Waals surface area (Å²) in [4.78, 5) is 2.37. The lowest BCUT2D eigenvalue weighted by atomic mass is 9.91. The molecular formula is C25H25NO3S3. The summed E-state index contributed by atoms with van der Waals surface area (Å²) >= 11 is 3.33. The number of hydrogen-bond donors (Lipinski definition) is 1. The van der Waals surface area contributed by atoms with Crippen LogP contribution in [-0.4, -0.2) is 30.7 Å². The molecule has 4 nitrogen and oxygen atoms in total. The second-order valence-electron chi connectivity index (χ2n) is 7.46. The smallest absolute Gasteiger partial charge is 0.264 e. The largest absolute Gasteiger partial charge is 0.336 e. The Kier molecular flexibility index (Phi) is 7.30. The molecule has 0 aliphatic carbocycles. The van der Waals surface area contributed by atoms with Crippen molar-refractivity contribution < 1.29 is 13.0 Å². The van der Waals surface area contributed by atoms with E-state index in [-0.39, 0.29) is 5.75 Å². The lowest BCUT2D eigenvalue weighted by Gasteiger charge is -2.35. The van der Waals surface area contributed by atoms with E-state index in [1.807, 2.05) is 6.07 Å². The van der Waals surface area contributed by atoms with E-state index < -0.39 is 10.1 Å². The van der Waals surface area contributed by atoms with Crippen LogP contribution in [0.4, 0.5) is 11.4 Å². The molecule has 32 heavy (non-hydrogen) atoms. The van der Waals surface area contributed by atoms with Gasteiger partial charge in [-0.3, -0.25) is 4.55 Å². The fourth-order valence-corrected chi connectivity index (χ4v) is 6.59. The maximum atomic E-state index is 11.1. The molecule has 3 aromatic carbocycles. The molecule has 0 saturated carbocycles. The number of para-hydroxylation sites is 2. The van der Waals surface area contributed by atoms with Crippen LogP contribution in [-0.2, 0) is 16.7 Å². The zero-order valence-electron chi connectivity index (χ0n) is 17.8. The van der Waals surface area contributed by atoms with Crippen molar-refractivity contribution in [2.75, 3.05) is 22.7 Å². The molecule has 0 atom stereocenters. The van der Waals surface area contributed by atoms with Gasteiger partial charge in [-0.2, -0.15) is 8.42 Å². The van der Waals surface area contributed by atoms with Crippen molar-refractivity contribution in [3.8, 4) is 0 Å². The van der Waals surface area contributed by atoms with E-state index in [1.165, 1.54) is 22.3 Å². The highest BCUT2D eigenvalue weighted by molar-refractivity contribution is 8.22. The van der Waals surface area contributed by atoms with Crippen molar-refractivity contribution in [3.63, 3.8) is 0 Å². The zero-order chi connectivity index (χ0) is 22.6. The van der Waals surface area contributed by atoms with Crippen LogP contribution in [0.2, 0.25) is 0 Å². The second-order valence-corrected chi connectivity index (χ2v) is 11.2. The maximum absolute atomic E-state index is 11.1. The first-order valence-electron chi connectivity index (χ1n) is 10.3. The van der Waals surface area contributed by atoms with Gasteiger partial charge in [0, 0.05) is 38.9 Å². The van der Waals surface area contributed by atoms with Crippen LogP contribution in [0.5, 0.6) is 0 Å². The summed E-state index contributed by atoms with van der Waals surface area (Å²) in [6.07, 6.45) is 2.46. The fourth-order valence-electron chi connectivity index (χ4n) is 3.91. The first-order valence-corrected chi connectivity index (χ1v) is 14.2. The SMILES string of the molecule is CSC(SCCCS(=O)(=O)O)=C1c2ccccc2N(Cc2ccccc2)c2ccccc21. The van der Waals surface area contributed by atoms with Gasteiger partial charge in [0.1, 0.15) is 0 Å². The monoisotopic (exact) mass is 483 g/mol. The number of thioether (sulfide) groups is 2. The van der Waals surface area contributed by atoms with Gasteiger partial charge in [-0.15, -0.1) is 23.5 Å². The molecule has 1 N–H and O–H groups in total. The van der Waals surface area contributed by atoms with Crippen LogP contribution < -0.4 is 4.90 Å². The molecule has 0 bridgehead atoms. The van der Waals surface area contributed by atoms with Gasteiger partial charge < -0.3 is 4.90 Å². The van der Waals surface area contributed by atoms with E-state index in [9.17, 15) is 8.42 Å². The molecular weight excluding hydrogens is 458 g/mol. The van der Waals surface area contributed by atoms with Crippen LogP contribution >= 0.6 is 23.5 Å². The summed E-state index contributed by atoms with van der Waals surface area (Å²) in [5.74, 6) is 0.409. The molecule has 1 heterocycles. The third kappa shape index (κ3) is 5.23.